The Morgan fingerprint density at radius 1 is 1.25 bits per heavy atom. The lowest BCUT2D eigenvalue weighted by atomic mass is 10.2. The molecule has 0 unspecified atom stereocenters. The van der Waals surface area contributed by atoms with Crippen molar-refractivity contribution < 1.29 is 14.3 Å². The Morgan fingerprint density at radius 2 is 2.05 bits per heavy atom. The molecule has 0 fully saturated rings. The van der Waals surface area contributed by atoms with Crippen molar-refractivity contribution in [2.24, 2.45) is 0 Å². The summed E-state index contributed by atoms with van der Waals surface area (Å²) >= 11 is 0. The number of unbranched alkanes of at least 4 members (excludes halogenated alkanes) is 2. The molecule has 110 valence electrons. The summed E-state index contributed by atoms with van der Waals surface area (Å²) in [7, 11) is 1.34. The van der Waals surface area contributed by atoms with E-state index in [-0.39, 0.29) is 12.5 Å². The van der Waals surface area contributed by atoms with Crippen LogP contribution in [0.1, 0.15) is 36.5 Å². The molecule has 0 radical (unpaired) electrons. The van der Waals surface area contributed by atoms with Gasteiger partial charge in [0.25, 0.3) is 0 Å². The number of amides is 1. The number of anilines is 1. The molecule has 1 aromatic carbocycles. The van der Waals surface area contributed by atoms with Crippen LogP contribution in [0.3, 0.4) is 0 Å². The highest BCUT2D eigenvalue weighted by atomic mass is 16.5. The van der Waals surface area contributed by atoms with E-state index < -0.39 is 5.97 Å². The standard InChI is InChI=1S/C15H22N2O3/c1-3-4-5-9-16-14(18)11-17-13-8-6-7-12(10-13)15(19)20-2/h6-8,10,17H,3-5,9,11H2,1-2H3,(H,16,18). The Kier molecular flexibility index (Phi) is 7.17. The Morgan fingerprint density at radius 3 is 2.75 bits per heavy atom. The SMILES string of the molecule is CCCCCNC(=O)CNc1cccc(C(=O)OC)c1. The van der Waals surface area contributed by atoms with Crippen molar-refractivity contribution in [3.8, 4) is 0 Å². The molecule has 20 heavy (non-hydrogen) atoms. The van der Waals surface area contributed by atoms with E-state index in [4.69, 9.17) is 0 Å². The van der Waals surface area contributed by atoms with Crippen LogP contribution in [-0.4, -0.2) is 32.1 Å². The average molecular weight is 278 g/mol. The minimum absolute atomic E-state index is 0.0513. The van der Waals surface area contributed by atoms with Gasteiger partial charge in [0.15, 0.2) is 0 Å². The smallest absolute Gasteiger partial charge is 0.337 e. The maximum atomic E-state index is 11.6. The summed E-state index contributed by atoms with van der Waals surface area (Å²) in [6.07, 6.45) is 3.25. The molecule has 0 aliphatic heterocycles. The molecule has 0 spiro atoms. The fourth-order valence-electron chi connectivity index (χ4n) is 1.72. The van der Waals surface area contributed by atoms with E-state index in [0.29, 0.717) is 12.1 Å². The third-order valence-corrected chi connectivity index (χ3v) is 2.84. The van der Waals surface area contributed by atoms with Crippen molar-refractivity contribution in [1.29, 1.82) is 0 Å². The highest BCUT2D eigenvalue weighted by Crippen LogP contribution is 2.11. The van der Waals surface area contributed by atoms with Gasteiger partial charge in [0.2, 0.25) is 5.91 Å². The second-order valence-electron chi connectivity index (χ2n) is 4.48. The molecule has 1 aromatic rings. The van der Waals surface area contributed by atoms with Crippen molar-refractivity contribution in [2.45, 2.75) is 26.2 Å². The molecule has 0 aromatic heterocycles. The van der Waals surface area contributed by atoms with Crippen LogP contribution in [0.15, 0.2) is 24.3 Å². The van der Waals surface area contributed by atoms with Crippen LogP contribution in [0.2, 0.25) is 0 Å². The lowest BCUT2D eigenvalue weighted by molar-refractivity contribution is -0.119. The summed E-state index contributed by atoms with van der Waals surface area (Å²) in [5.74, 6) is -0.442. The number of esters is 1. The van der Waals surface area contributed by atoms with Crippen LogP contribution in [0, 0.1) is 0 Å². The molecule has 5 heteroatoms. The second kappa shape index (κ2) is 8.96. The molecule has 0 bridgehead atoms. The van der Waals surface area contributed by atoms with Gasteiger partial charge in [-0.25, -0.2) is 4.79 Å². The van der Waals surface area contributed by atoms with E-state index in [0.717, 1.165) is 24.9 Å². The van der Waals surface area contributed by atoms with Gasteiger partial charge in [-0.1, -0.05) is 25.8 Å². The highest BCUT2D eigenvalue weighted by Gasteiger charge is 2.06. The lowest BCUT2D eigenvalue weighted by Crippen LogP contribution is -2.30. The van der Waals surface area contributed by atoms with Crippen LogP contribution in [-0.2, 0) is 9.53 Å². The largest absolute Gasteiger partial charge is 0.465 e. The van der Waals surface area contributed by atoms with Crippen molar-refractivity contribution >= 4 is 17.6 Å². The number of hydrogen-bond donors (Lipinski definition) is 2. The first-order chi connectivity index (χ1) is 9.67. The van der Waals surface area contributed by atoms with Crippen molar-refractivity contribution in [3.63, 3.8) is 0 Å². The molecule has 0 saturated heterocycles. The van der Waals surface area contributed by atoms with Gasteiger partial charge in [-0.05, 0) is 24.6 Å². The van der Waals surface area contributed by atoms with Gasteiger partial charge in [0.1, 0.15) is 0 Å². The molecule has 0 heterocycles. The molecule has 0 atom stereocenters. The summed E-state index contributed by atoms with van der Waals surface area (Å²) in [6.45, 7) is 3.02. The molecule has 1 amide bonds. The molecule has 1 rings (SSSR count). The number of methoxy groups -OCH3 is 1. The molecule has 0 saturated carbocycles. The molecule has 0 aliphatic carbocycles. The minimum Gasteiger partial charge on any atom is -0.465 e. The predicted octanol–water partition coefficient (Wildman–Crippen LogP) is 2.19. The van der Waals surface area contributed by atoms with Gasteiger partial charge >= 0.3 is 5.97 Å². The van der Waals surface area contributed by atoms with Crippen LogP contribution in [0.4, 0.5) is 5.69 Å². The van der Waals surface area contributed by atoms with E-state index in [9.17, 15) is 9.59 Å². The maximum Gasteiger partial charge on any atom is 0.337 e. The van der Waals surface area contributed by atoms with Gasteiger partial charge in [-0.2, -0.15) is 0 Å². The quantitative estimate of drug-likeness (QED) is 0.565. The summed E-state index contributed by atoms with van der Waals surface area (Å²) in [4.78, 5) is 23.0. The normalized spacial score (nSPS) is 9.90. The topological polar surface area (TPSA) is 67.4 Å². The van der Waals surface area contributed by atoms with Gasteiger partial charge in [0.05, 0.1) is 19.2 Å². The van der Waals surface area contributed by atoms with E-state index >= 15 is 0 Å². The average Bonchev–Trinajstić information content (AvgIpc) is 2.49. The molecule has 0 aliphatic rings. The van der Waals surface area contributed by atoms with Gasteiger partial charge in [0, 0.05) is 12.2 Å². The first-order valence-corrected chi connectivity index (χ1v) is 6.86. The van der Waals surface area contributed by atoms with Crippen molar-refractivity contribution in [2.75, 3.05) is 25.5 Å². The van der Waals surface area contributed by atoms with Crippen LogP contribution >= 0.6 is 0 Å². The number of ether oxygens (including phenoxy) is 1. The summed E-state index contributed by atoms with van der Waals surface area (Å²) in [6, 6.07) is 6.88. The summed E-state index contributed by atoms with van der Waals surface area (Å²) in [5.41, 5.74) is 1.18. The fourth-order valence-corrected chi connectivity index (χ4v) is 1.72. The van der Waals surface area contributed by atoms with E-state index in [1.165, 1.54) is 7.11 Å². The zero-order valence-electron chi connectivity index (χ0n) is 12.1. The fraction of sp³-hybridized carbons (Fsp3) is 0.467. The molecule has 5 nitrogen and oxygen atoms in total. The van der Waals surface area contributed by atoms with Crippen LogP contribution < -0.4 is 10.6 Å². The predicted molar refractivity (Wildman–Crippen MR) is 78.8 cm³/mol. The van der Waals surface area contributed by atoms with Crippen molar-refractivity contribution in [1.82, 2.24) is 5.32 Å². The summed E-state index contributed by atoms with van der Waals surface area (Å²) < 4.78 is 4.65. The van der Waals surface area contributed by atoms with E-state index in [1.54, 1.807) is 24.3 Å². The number of benzene rings is 1. The third-order valence-electron chi connectivity index (χ3n) is 2.84. The lowest BCUT2D eigenvalue weighted by Gasteiger charge is -2.08. The van der Waals surface area contributed by atoms with Gasteiger partial charge in [-0.3, -0.25) is 4.79 Å². The Bertz CT molecular complexity index is 446. The Hall–Kier alpha value is -2.04. The maximum absolute atomic E-state index is 11.6. The number of carbonyl (C=O) groups is 2. The first kappa shape index (κ1) is 16.0. The number of carbonyl (C=O) groups excluding carboxylic acids is 2. The van der Waals surface area contributed by atoms with E-state index in [1.807, 2.05) is 0 Å². The third kappa shape index (κ3) is 5.73. The molecular formula is C15H22N2O3. The van der Waals surface area contributed by atoms with E-state index in [2.05, 4.69) is 22.3 Å². The number of nitrogens with one attached hydrogen (secondary N) is 2. The first-order valence-electron chi connectivity index (χ1n) is 6.86. The minimum atomic E-state index is -0.391. The second-order valence-corrected chi connectivity index (χ2v) is 4.48. The number of hydrogen-bond acceptors (Lipinski definition) is 4. The van der Waals surface area contributed by atoms with Gasteiger partial charge < -0.3 is 15.4 Å². The van der Waals surface area contributed by atoms with Crippen LogP contribution in [0.25, 0.3) is 0 Å². The zero-order valence-corrected chi connectivity index (χ0v) is 12.1. The Labute approximate surface area is 119 Å². The molecule has 2 N–H and O–H groups in total. The Balaban J connectivity index is 2.37. The molecular weight excluding hydrogens is 256 g/mol. The number of rotatable bonds is 8. The van der Waals surface area contributed by atoms with Gasteiger partial charge in [-0.15, -0.1) is 0 Å². The summed E-state index contributed by atoms with van der Waals surface area (Å²) in [5, 5.41) is 5.83. The highest BCUT2D eigenvalue weighted by molar-refractivity contribution is 5.90. The zero-order chi connectivity index (χ0) is 14.8. The van der Waals surface area contributed by atoms with Crippen LogP contribution in [0.5, 0.6) is 0 Å². The van der Waals surface area contributed by atoms with Crippen molar-refractivity contribution in [3.05, 3.63) is 29.8 Å². The monoisotopic (exact) mass is 278 g/mol.